The van der Waals surface area contributed by atoms with Crippen molar-refractivity contribution in [3.63, 3.8) is 0 Å². The summed E-state index contributed by atoms with van der Waals surface area (Å²) in [6.45, 7) is 0. The van der Waals surface area contributed by atoms with Crippen molar-refractivity contribution in [2.45, 2.75) is 4.90 Å². The third-order valence-electron chi connectivity index (χ3n) is 2.51. The smallest absolute Gasteiger partial charge is 0.285 e. The summed E-state index contributed by atoms with van der Waals surface area (Å²) >= 11 is 1.20. The number of benzene rings is 2. The quantitative estimate of drug-likeness (QED) is 0.734. The van der Waals surface area contributed by atoms with Crippen LogP contribution in [0.25, 0.3) is 10.8 Å². The Morgan fingerprint density at radius 3 is 2.50 bits per heavy atom. The topological polar surface area (TPSA) is 44.1 Å². The van der Waals surface area contributed by atoms with Gasteiger partial charge < -0.3 is 4.90 Å². The Kier molecular flexibility index (Phi) is 3.54. The highest BCUT2D eigenvalue weighted by Gasteiger charge is 2.07. The first-order valence-corrected chi connectivity index (χ1v) is 6.25. The Morgan fingerprint density at radius 1 is 1.17 bits per heavy atom. The summed E-state index contributed by atoms with van der Waals surface area (Å²) in [7, 11) is 3.46. The lowest BCUT2D eigenvalue weighted by Gasteiger charge is -2.09. The minimum atomic E-state index is 0.00277. The second kappa shape index (κ2) is 5.11. The van der Waals surface area contributed by atoms with E-state index in [1.807, 2.05) is 30.3 Å². The van der Waals surface area contributed by atoms with E-state index in [1.54, 1.807) is 25.1 Å². The van der Waals surface area contributed by atoms with E-state index in [9.17, 15) is 4.79 Å². The van der Waals surface area contributed by atoms with E-state index in [0.717, 1.165) is 15.7 Å². The van der Waals surface area contributed by atoms with Gasteiger partial charge in [0, 0.05) is 19.0 Å². The van der Waals surface area contributed by atoms with Crippen molar-refractivity contribution in [2.24, 2.45) is 0 Å². The van der Waals surface area contributed by atoms with E-state index in [4.69, 9.17) is 5.26 Å². The van der Waals surface area contributed by atoms with Crippen molar-refractivity contribution >= 4 is 27.8 Å². The number of nitriles is 1. The van der Waals surface area contributed by atoms with E-state index in [2.05, 4.69) is 6.07 Å². The van der Waals surface area contributed by atoms with Gasteiger partial charge in [-0.2, -0.15) is 5.26 Å². The van der Waals surface area contributed by atoms with Crippen molar-refractivity contribution in [1.82, 2.24) is 4.90 Å². The fourth-order valence-corrected chi connectivity index (χ4v) is 2.26. The summed E-state index contributed by atoms with van der Waals surface area (Å²) in [6, 6.07) is 13.4. The lowest BCUT2D eigenvalue weighted by molar-refractivity contribution is 0.241. The molecule has 0 bridgehead atoms. The maximum Gasteiger partial charge on any atom is 0.285 e. The normalized spacial score (nSPS) is 10.1. The molecule has 90 valence electrons. The van der Waals surface area contributed by atoms with Crippen molar-refractivity contribution in [1.29, 1.82) is 5.26 Å². The van der Waals surface area contributed by atoms with Crippen LogP contribution in [-0.4, -0.2) is 24.2 Å². The number of amides is 1. The van der Waals surface area contributed by atoms with Crippen molar-refractivity contribution in [2.75, 3.05) is 14.1 Å². The third kappa shape index (κ3) is 2.63. The second-order valence-electron chi connectivity index (χ2n) is 4.10. The largest absolute Gasteiger partial charge is 0.339 e. The first-order valence-electron chi connectivity index (χ1n) is 5.43. The number of thioether (sulfide) groups is 1. The van der Waals surface area contributed by atoms with E-state index in [-0.39, 0.29) is 5.24 Å². The maximum absolute atomic E-state index is 11.6. The monoisotopic (exact) mass is 256 g/mol. The Bertz CT molecular complexity index is 644. The van der Waals surface area contributed by atoms with Crippen molar-refractivity contribution in [3.05, 3.63) is 42.0 Å². The molecule has 0 aromatic heterocycles. The number of rotatable bonds is 1. The Hall–Kier alpha value is -1.99. The minimum absolute atomic E-state index is 0.00277. The summed E-state index contributed by atoms with van der Waals surface area (Å²) in [6.07, 6.45) is 0. The van der Waals surface area contributed by atoms with Crippen LogP contribution in [0.5, 0.6) is 0 Å². The molecule has 2 aromatic rings. The average molecular weight is 256 g/mol. The fourth-order valence-electron chi connectivity index (χ4n) is 1.55. The highest BCUT2D eigenvalue weighted by Crippen LogP contribution is 2.25. The number of nitrogens with zero attached hydrogens (tertiary/aromatic N) is 2. The number of carbonyl (C=O) groups excluding carboxylic acids is 1. The van der Waals surface area contributed by atoms with Crippen LogP contribution in [0.1, 0.15) is 5.56 Å². The zero-order valence-electron chi connectivity index (χ0n) is 10.2. The standard InChI is InChI=1S/C14H12N2OS/c1-16(2)14(17)18-13-6-5-11-7-10(9-15)3-4-12(11)8-13/h3-8H,1-2H3. The molecule has 1 amide bonds. The summed E-state index contributed by atoms with van der Waals surface area (Å²) in [4.78, 5) is 14.1. The number of hydrogen-bond acceptors (Lipinski definition) is 3. The van der Waals surface area contributed by atoms with Gasteiger partial charge in [-0.25, -0.2) is 0 Å². The third-order valence-corrected chi connectivity index (χ3v) is 3.54. The van der Waals surface area contributed by atoms with Gasteiger partial charge >= 0.3 is 0 Å². The molecule has 2 aromatic carbocycles. The van der Waals surface area contributed by atoms with Crippen LogP contribution in [0.15, 0.2) is 41.3 Å². The zero-order valence-corrected chi connectivity index (χ0v) is 11.0. The molecule has 0 aliphatic carbocycles. The van der Waals surface area contributed by atoms with E-state index in [0.29, 0.717) is 5.56 Å². The molecule has 4 heteroatoms. The second-order valence-corrected chi connectivity index (χ2v) is 5.12. The molecule has 0 N–H and O–H groups in total. The molecule has 0 spiro atoms. The molecule has 0 heterocycles. The molecule has 3 nitrogen and oxygen atoms in total. The van der Waals surface area contributed by atoms with Crippen LogP contribution in [0, 0.1) is 11.3 Å². The first kappa shape index (κ1) is 12.5. The molecule has 2 rings (SSSR count). The molecule has 0 saturated carbocycles. The number of hydrogen-bond donors (Lipinski definition) is 0. The molecule has 18 heavy (non-hydrogen) atoms. The lowest BCUT2D eigenvalue weighted by atomic mass is 10.1. The summed E-state index contributed by atoms with van der Waals surface area (Å²) in [5, 5.41) is 10.9. The highest BCUT2D eigenvalue weighted by molar-refractivity contribution is 8.13. The molecule has 0 aliphatic heterocycles. The van der Waals surface area contributed by atoms with Crippen LogP contribution in [0.4, 0.5) is 4.79 Å². The van der Waals surface area contributed by atoms with Gasteiger partial charge in [0.05, 0.1) is 11.6 Å². The van der Waals surface area contributed by atoms with Gasteiger partial charge in [0.15, 0.2) is 0 Å². The molecule has 0 unspecified atom stereocenters. The van der Waals surface area contributed by atoms with Crippen molar-refractivity contribution < 1.29 is 4.79 Å². The van der Waals surface area contributed by atoms with Gasteiger partial charge in [-0.15, -0.1) is 0 Å². The van der Waals surface area contributed by atoms with Gasteiger partial charge in [-0.3, -0.25) is 4.79 Å². The molecular formula is C14H12N2OS. The van der Waals surface area contributed by atoms with Crippen LogP contribution in [-0.2, 0) is 0 Å². The zero-order chi connectivity index (χ0) is 13.1. The van der Waals surface area contributed by atoms with Gasteiger partial charge in [-0.05, 0) is 46.8 Å². The summed E-state index contributed by atoms with van der Waals surface area (Å²) in [5.41, 5.74) is 0.646. The first-order chi connectivity index (χ1) is 8.60. The molecular weight excluding hydrogens is 244 g/mol. The van der Waals surface area contributed by atoms with Crippen LogP contribution in [0.3, 0.4) is 0 Å². The average Bonchev–Trinajstić information content (AvgIpc) is 2.37. The molecule has 0 aliphatic rings. The van der Waals surface area contributed by atoms with Crippen LogP contribution < -0.4 is 0 Å². The van der Waals surface area contributed by atoms with Gasteiger partial charge in [0.2, 0.25) is 0 Å². The van der Waals surface area contributed by atoms with E-state index < -0.39 is 0 Å². The predicted molar refractivity (Wildman–Crippen MR) is 73.6 cm³/mol. The molecule has 0 atom stereocenters. The lowest BCUT2D eigenvalue weighted by Crippen LogP contribution is -2.15. The number of carbonyl (C=O) groups is 1. The Balaban J connectivity index is 2.34. The molecule has 0 fully saturated rings. The van der Waals surface area contributed by atoms with Gasteiger partial charge in [0.25, 0.3) is 5.24 Å². The van der Waals surface area contributed by atoms with Crippen LogP contribution in [0.2, 0.25) is 0 Å². The van der Waals surface area contributed by atoms with E-state index in [1.165, 1.54) is 11.8 Å². The Labute approximate surface area is 110 Å². The summed E-state index contributed by atoms with van der Waals surface area (Å²) < 4.78 is 0. The number of fused-ring (bicyclic) bond motifs is 1. The summed E-state index contributed by atoms with van der Waals surface area (Å²) in [5.74, 6) is 0. The fraction of sp³-hybridized carbons (Fsp3) is 0.143. The van der Waals surface area contributed by atoms with Gasteiger partial charge in [0.1, 0.15) is 0 Å². The maximum atomic E-state index is 11.6. The SMILES string of the molecule is CN(C)C(=O)Sc1ccc2cc(C#N)ccc2c1. The molecule has 0 radical (unpaired) electrons. The Morgan fingerprint density at radius 2 is 1.83 bits per heavy atom. The highest BCUT2D eigenvalue weighted by atomic mass is 32.2. The minimum Gasteiger partial charge on any atom is -0.339 e. The van der Waals surface area contributed by atoms with Crippen molar-refractivity contribution in [3.8, 4) is 6.07 Å². The van der Waals surface area contributed by atoms with E-state index >= 15 is 0 Å². The van der Waals surface area contributed by atoms with Crippen LogP contribution >= 0.6 is 11.8 Å². The molecule has 0 saturated heterocycles. The van der Waals surface area contributed by atoms with Gasteiger partial charge in [-0.1, -0.05) is 12.1 Å². The predicted octanol–water partition coefficient (Wildman–Crippen LogP) is 3.49.